The zero-order valence-corrected chi connectivity index (χ0v) is 12.3. The van der Waals surface area contributed by atoms with E-state index in [1.807, 2.05) is 0 Å². The normalized spacial score (nSPS) is 13.1. The third-order valence-corrected chi connectivity index (χ3v) is 3.64. The summed E-state index contributed by atoms with van der Waals surface area (Å²) in [7, 11) is 0. The highest BCUT2D eigenvalue weighted by Gasteiger charge is 2.18. The van der Waals surface area contributed by atoms with Crippen molar-refractivity contribution in [3.8, 4) is 5.75 Å². The number of amides is 1. The van der Waals surface area contributed by atoms with Gasteiger partial charge in [-0.1, -0.05) is 0 Å². The fourth-order valence-corrected chi connectivity index (χ4v) is 2.44. The van der Waals surface area contributed by atoms with Crippen molar-refractivity contribution >= 4 is 44.6 Å². The third kappa shape index (κ3) is 2.78. The minimum absolute atomic E-state index is 0.0251. The van der Waals surface area contributed by atoms with Gasteiger partial charge in [0.2, 0.25) is 0 Å². The van der Waals surface area contributed by atoms with Crippen LogP contribution in [0.2, 0.25) is 0 Å². The second-order valence-electron chi connectivity index (χ2n) is 4.52. The molecular weight excluding hydrogens is 341 g/mol. The number of carbonyl (C=O) groups is 1. The van der Waals surface area contributed by atoms with Crippen LogP contribution in [-0.2, 0) is 4.79 Å². The van der Waals surface area contributed by atoms with E-state index in [-0.39, 0.29) is 18.3 Å². The van der Waals surface area contributed by atoms with E-state index < -0.39 is 0 Å². The molecule has 0 aliphatic carbocycles. The maximum absolute atomic E-state index is 13.1. The molecule has 0 spiro atoms. The molecule has 1 amide bonds. The topological polar surface area (TPSA) is 76.4 Å². The molecule has 0 fully saturated rings. The number of nitrogen functional groups attached to an aromatic ring is 1. The Morgan fingerprint density at radius 1 is 1.29 bits per heavy atom. The van der Waals surface area contributed by atoms with Crippen LogP contribution in [-0.4, -0.2) is 12.5 Å². The molecule has 0 aromatic heterocycles. The molecule has 7 heteroatoms. The van der Waals surface area contributed by atoms with E-state index in [1.165, 1.54) is 12.1 Å². The number of carbonyl (C=O) groups excluding carboxylic acids is 1. The molecule has 1 aliphatic heterocycles. The van der Waals surface area contributed by atoms with Crippen LogP contribution >= 0.6 is 15.9 Å². The number of hydrogen-bond donors (Lipinski definition) is 3. The molecule has 3 rings (SSSR count). The van der Waals surface area contributed by atoms with Crippen LogP contribution in [0.4, 0.5) is 27.1 Å². The minimum Gasteiger partial charge on any atom is -0.482 e. The monoisotopic (exact) mass is 351 g/mol. The first-order valence-corrected chi connectivity index (χ1v) is 6.90. The molecule has 1 aliphatic rings. The minimum atomic E-state index is -0.341. The van der Waals surface area contributed by atoms with Crippen LogP contribution in [0.1, 0.15) is 0 Å². The molecule has 2 aromatic rings. The number of halogens is 2. The maximum atomic E-state index is 13.1. The Hall–Kier alpha value is -2.28. The van der Waals surface area contributed by atoms with Crippen LogP contribution in [0.15, 0.2) is 34.8 Å². The standard InChI is InChI=1S/C14H11BrFN3O2/c15-8-3-7(16)1-2-10(8)18-11-5-12-13(4-9(11)17)21-6-14(20)19-12/h1-5,18H,6,17H2,(H,19,20). The molecule has 2 aromatic carbocycles. The van der Waals surface area contributed by atoms with Crippen molar-refractivity contribution in [1.82, 2.24) is 0 Å². The molecule has 0 saturated carbocycles. The summed E-state index contributed by atoms with van der Waals surface area (Å²) >= 11 is 3.28. The summed E-state index contributed by atoms with van der Waals surface area (Å²) in [5, 5.41) is 5.79. The summed E-state index contributed by atoms with van der Waals surface area (Å²) in [6, 6.07) is 7.59. The predicted molar refractivity (Wildman–Crippen MR) is 82.4 cm³/mol. The Balaban J connectivity index is 1.95. The number of nitrogens with one attached hydrogen (secondary N) is 2. The molecule has 0 bridgehead atoms. The van der Waals surface area contributed by atoms with Gasteiger partial charge in [-0.2, -0.15) is 0 Å². The highest BCUT2D eigenvalue weighted by molar-refractivity contribution is 9.10. The van der Waals surface area contributed by atoms with E-state index in [0.29, 0.717) is 33.0 Å². The van der Waals surface area contributed by atoms with Gasteiger partial charge in [-0.25, -0.2) is 4.39 Å². The largest absolute Gasteiger partial charge is 0.482 e. The average Bonchev–Trinajstić information content (AvgIpc) is 2.43. The van der Waals surface area contributed by atoms with Gasteiger partial charge in [-0.3, -0.25) is 4.79 Å². The Morgan fingerprint density at radius 2 is 2.10 bits per heavy atom. The second kappa shape index (κ2) is 5.25. The van der Waals surface area contributed by atoms with Gasteiger partial charge in [0.15, 0.2) is 6.61 Å². The summed E-state index contributed by atoms with van der Waals surface area (Å²) in [5.74, 6) is -0.0384. The van der Waals surface area contributed by atoms with E-state index >= 15 is 0 Å². The van der Waals surface area contributed by atoms with Crippen molar-refractivity contribution < 1.29 is 13.9 Å². The molecule has 0 saturated heterocycles. The molecule has 1 heterocycles. The number of benzene rings is 2. The molecular formula is C14H11BrFN3O2. The number of hydrogen-bond acceptors (Lipinski definition) is 4. The highest BCUT2D eigenvalue weighted by Crippen LogP contribution is 2.37. The van der Waals surface area contributed by atoms with Crippen LogP contribution in [0.5, 0.6) is 5.75 Å². The Kier molecular flexibility index (Phi) is 3.42. The Morgan fingerprint density at radius 3 is 2.86 bits per heavy atom. The van der Waals surface area contributed by atoms with Crippen molar-refractivity contribution in [2.24, 2.45) is 0 Å². The maximum Gasteiger partial charge on any atom is 0.262 e. The van der Waals surface area contributed by atoms with Gasteiger partial charge in [0.25, 0.3) is 5.91 Å². The van der Waals surface area contributed by atoms with E-state index in [1.54, 1.807) is 18.2 Å². The van der Waals surface area contributed by atoms with Crippen LogP contribution in [0.25, 0.3) is 0 Å². The lowest BCUT2D eigenvalue weighted by Gasteiger charge is -2.20. The van der Waals surface area contributed by atoms with Crippen molar-refractivity contribution in [3.05, 3.63) is 40.6 Å². The molecule has 0 unspecified atom stereocenters. The molecule has 108 valence electrons. The van der Waals surface area contributed by atoms with Crippen LogP contribution < -0.4 is 21.1 Å². The van der Waals surface area contributed by atoms with Gasteiger partial charge in [0.1, 0.15) is 11.6 Å². The number of ether oxygens (including phenoxy) is 1. The second-order valence-corrected chi connectivity index (χ2v) is 5.38. The smallest absolute Gasteiger partial charge is 0.262 e. The summed E-state index contributed by atoms with van der Waals surface area (Å²) in [6.45, 7) is -0.0251. The fourth-order valence-electron chi connectivity index (χ4n) is 1.99. The SMILES string of the molecule is Nc1cc2c(cc1Nc1ccc(F)cc1Br)NC(=O)CO2. The Bertz CT molecular complexity index is 736. The molecule has 4 N–H and O–H groups in total. The van der Waals surface area contributed by atoms with Crippen LogP contribution in [0, 0.1) is 5.82 Å². The molecule has 5 nitrogen and oxygen atoms in total. The van der Waals surface area contributed by atoms with E-state index in [9.17, 15) is 9.18 Å². The first-order chi connectivity index (χ1) is 10.0. The number of nitrogens with two attached hydrogens (primary N) is 1. The summed E-state index contributed by atoms with van der Waals surface area (Å²) in [6.07, 6.45) is 0. The molecule has 0 atom stereocenters. The lowest BCUT2D eigenvalue weighted by molar-refractivity contribution is -0.118. The first kappa shape index (κ1) is 13.7. The zero-order valence-electron chi connectivity index (χ0n) is 10.7. The van der Waals surface area contributed by atoms with Gasteiger partial charge in [0.05, 0.1) is 22.7 Å². The van der Waals surface area contributed by atoms with E-state index in [4.69, 9.17) is 10.5 Å². The first-order valence-electron chi connectivity index (χ1n) is 6.11. The quantitative estimate of drug-likeness (QED) is 0.726. The van der Waals surface area contributed by atoms with Gasteiger partial charge < -0.3 is 21.1 Å². The fraction of sp³-hybridized carbons (Fsp3) is 0.0714. The van der Waals surface area contributed by atoms with Gasteiger partial charge in [0, 0.05) is 10.5 Å². The van der Waals surface area contributed by atoms with E-state index in [0.717, 1.165) is 0 Å². The van der Waals surface area contributed by atoms with Crippen molar-refractivity contribution in [2.75, 3.05) is 23.0 Å². The summed E-state index contributed by atoms with van der Waals surface area (Å²) < 4.78 is 18.9. The van der Waals surface area contributed by atoms with Gasteiger partial charge in [-0.05, 0) is 40.2 Å². The average molecular weight is 352 g/mol. The number of fused-ring (bicyclic) bond motifs is 1. The third-order valence-electron chi connectivity index (χ3n) is 2.99. The lowest BCUT2D eigenvalue weighted by Crippen LogP contribution is -2.25. The summed E-state index contributed by atoms with van der Waals surface area (Å²) in [5.41, 5.74) is 8.21. The lowest BCUT2D eigenvalue weighted by atomic mass is 10.2. The van der Waals surface area contributed by atoms with Crippen molar-refractivity contribution in [1.29, 1.82) is 0 Å². The predicted octanol–water partition coefficient (Wildman–Crippen LogP) is 3.24. The number of rotatable bonds is 2. The Labute approximate surface area is 128 Å². The molecule has 21 heavy (non-hydrogen) atoms. The highest BCUT2D eigenvalue weighted by atomic mass is 79.9. The van der Waals surface area contributed by atoms with E-state index in [2.05, 4.69) is 26.6 Å². The van der Waals surface area contributed by atoms with Gasteiger partial charge in [-0.15, -0.1) is 0 Å². The van der Waals surface area contributed by atoms with Crippen molar-refractivity contribution in [3.63, 3.8) is 0 Å². The van der Waals surface area contributed by atoms with Crippen LogP contribution in [0.3, 0.4) is 0 Å². The summed E-state index contributed by atoms with van der Waals surface area (Å²) in [4.78, 5) is 11.3. The molecule has 0 radical (unpaired) electrons. The number of anilines is 4. The van der Waals surface area contributed by atoms with Crippen molar-refractivity contribution in [2.45, 2.75) is 0 Å². The van der Waals surface area contributed by atoms with Gasteiger partial charge >= 0.3 is 0 Å². The zero-order chi connectivity index (χ0) is 15.0.